The van der Waals surface area contributed by atoms with Gasteiger partial charge in [-0.2, -0.15) is 0 Å². The SMILES string of the molecule is CCS(=O)(=O)CCN1C(=O)C2(CCCC2)NC1CC(C)C. The zero-order valence-corrected chi connectivity index (χ0v) is 14.2. The fourth-order valence-electron chi connectivity index (χ4n) is 3.48. The summed E-state index contributed by atoms with van der Waals surface area (Å²) in [6, 6.07) is 0. The van der Waals surface area contributed by atoms with E-state index in [-0.39, 0.29) is 23.6 Å². The van der Waals surface area contributed by atoms with Gasteiger partial charge in [0, 0.05) is 12.3 Å². The van der Waals surface area contributed by atoms with Gasteiger partial charge in [-0.1, -0.05) is 33.6 Å². The van der Waals surface area contributed by atoms with Gasteiger partial charge in [0.25, 0.3) is 0 Å². The molecule has 1 aliphatic carbocycles. The van der Waals surface area contributed by atoms with Crippen LogP contribution >= 0.6 is 0 Å². The van der Waals surface area contributed by atoms with Crippen LogP contribution in [0.1, 0.15) is 52.9 Å². The molecule has 0 aromatic carbocycles. The van der Waals surface area contributed by atoms with E-state index in [1.165, 1.54) is 0 Å². The number of nitrogens with one attached hydrogen (secondary N) is 1. The van der Waals surface area contributed by atoms with Gasteiger partial charge >= 0.3 is 0 Å². The number of carbonyl (C=O) groups is 1. The first-order valence-corrected chi connectivity index (χ1v) is 9.91. The molecule has 0 aromatic rings. The van der Waals surface area contributed by atoms with Crippen molar-refractivity contribution in [2.75, 3.05) is 18.1 Å². The average molecular weight is 316 g/mol. The molecule has 6 heteroatoms. The maximum Gasteiger partial charge on any atom is 0.244 e. The van der Waals surface area contributed by atoms with Gasteiger partial charge in [0.05, 0.1) is 17.5 Å². The van der Waals surface area contributed by atoms with Crippen LogP contribution in [0.15, 0.2) is 0 Å². The van der Waals surface area contributed by atoms with E-state index in [9.17, 15) is 13.2 Å². The number of nitrogens with zero attached hydrogens (tertiary/aromatic N) is 1. The highest BCUT2D eigenvalue weighted by atomic mass is 32.2. The Labute approximate surface area is 128 Å². The van der Waals surface area contributed by atoms with Crippen molar-refractivity contribution in [3.05, 3.63) is 0 Å². The molecule has 1 saturated heterocycles. The van der Waals surface area contributed by atoms with Crippen LogP contribution in [0.2, 0.25) is 0 Å². The summed E-state index contributed by atoms with van der Waals surface area (Å²) in [5.74, 6) is 0.804. The smallest absolute Gasteiger partial charge is 0.244 e. The first-order chi connectivity index (χ1) is 9.80. The van der Waals surface area contributed by atoms with Crippen LogP contribution in [0, 0.1) is 5.92 Å². The maximum atomic E-state index is 12.8. The average Bonchev–Trinajstić information content (AvgIpc) is 2.96. The first-order valence-electron chi connectivity index (χ1n) is 8.09. The van der Waals surface area contributed by atoms with Crippen molar-refractivity contribution in [2.24, 2.45) is 5.92 Å². The zero-order valence-electron chi connectivity index (χ0n) is 13.4. The maximum absolute atomic E-state index is 12.8. The van der Waals surface area contributed by atoms with Crippen LogP contribution in [-0.2, 0) is 14.6 Å². The van der Waals surface area contributed by atoms with E-state index in [0.717, 1.165) is 32.1 Å². The highest BCUT2D eigenvalue weighted by Gasteiger charge is 2.52. The lowest BCUT2D eigenvalue weighted by Crippen LogP contribution is -2.44. The molecule has 0 aromatic heterocycles. The van der Waals surface area contributed by atoms with Crippen LogP contribution in [-0.4, -0.2) is 49.0 Å². The molecule has 1 atom stereocenters. The van der Waals surface area contributed by atoms with Gasteiger partial charge in [-0.15, -0.1) is 0 Å². The van der Waals surface area contributed by atoms with Crippen molar-refractivity contribution in [2.45, 2.75) is 64.6 Å². The molecular weight excluding hydrogens is 288 g/mol. The van der Waals surface area contributed by atoms with Crippen molar-refractivity contribution >= 4 is 15.7 Å². The second kappa shape index (κ2) is 6.24. The molecule has 21 heavy (non-hydrogen) atoms. The predicted octanol–water partition coefficient (Wildman–Crippen LogP) is 1.54. The molecular formula is C15H28N2O3S. The van der Waals surface area contributed by atoms with Gasteiger partial charge in [0.15, 0.2) is 9.84 Å². The van der Waals surface area contributed by atoms with Gasteiger partial charge in [-0.25, -0.2) is 8.42 Å². The molecule has 1 unspecified atom stereocenters. The van der Waals surface area contributed by atoms with Crippen molar-refractivity contribution in [3.8, 4) is 0 Å². The Balaban J connectivity index is 2.12. The highest BCUT2D eigenvalue weighted by molar-refractivity contribution is 7.91. The molecule has 1 amide bonds. The first kappa shape index (κ1) is 16.7. The second-order valence-electron chi connectivity index (χ2n) is 6.81. The number of carbonyl (C=O) groups excluding carboxylic acids is 1. The summed E-state index contributed by atoms with van der Waals surface area (Å²) in [6.07, 6.45) is 4.79. The monoisotopic (exact) mass is 316 g/mol. The van der Waals surface area contributed by atoms with Gasteiger partial charge in [0.2, 0.25) is 5.91 Å². The molecule has 1 aliphatic heterocycles. The normalized spacial score (nSPS) is 25.4. The fraction of sp³-hybridized carbons (Fsp3) is 0.933. The third kappa shape index (κ3) is 3.59. The summed E-state index contributed by atoms with van der Waals surface area (Å²) in [4.78, 5) is 14.6. The molecule has 0 radical (unpaired) electrons. The van der Waals surface area contributed by atoms with E-state index in [0.29, 0.717) is 12.5 Å². The Bertz CT molecular complexity index is 481. The van der Waals surface area contributed by atoms with Gasteiger partial charge in [0.1, 0.15) is 0 Å². The lowest BCUT2D eigenvalue weighted by molar-refractivity contribution is -0.133. The van der Waals surface area contributed by atoms with Crippen molar-refractivity contribution in [3.63, 3.8) is 0 Å². The van der Waals surface area contributed by atoms with Crippen LogP contribution < -0.4 is 5.32 Å². The molecule has 2 aliphatic rings. The molecule has 2 fully saturated rings. The molecule has 122 valence electrons. The van der Waals surface area contributed by atoms with Crippen LogP contribution in [0.3, 0.4) is 0 Å². The minimum absolute atomic E-state index is 0.0114. The zero-order chi connectivity index (χ0) is 15.7. The standard InChI is InChI=1S/C15H28N2O3S/c1-4-21(19,20)10-9-17-13(11-12(2)3)16-15(14(17)18)7-5-6-8-15/h12-13,16H,4-11H2,1-3H3. The third-order valence-corrected chi connectivity index (χ3v) is 6.41. The molecule has 1 N–H and O–H groups in total. The van der Waals surface area contributed by atoms with Crippen molar-refractivity contribution in [1.82, 2.24) is 10.2 Å². The van der Waals surface area contributed by atoms with Gasteiger partial charge < -0.3 is 4.90 Å². The minimum Gasteiger partial charge on any atom is -0.325 e. The summed E-state index contributed by atoms with van der Waals surface area (Å²) >= 11 is 0. The summed E-state index contributed by atoms with van der Waals surface area (Å²) in [5.41, 5.74) is -0.407. The van der Waals surface area contributed by atoms with E-state index in [4.69, 9.17) is 0 Å². The van der Waals surface area contributed by atoms with Crippen LogP contribution in [0.25, 0.3) is 0 Å². The predicted molar refractivity (Wildman–Crippen MR) is 83.6 cm³/mol. The third-order valence-electron chi connectivity index (χ3n) is 4.72. The number of amides is 1. The molecule has 0 bridgehead atoms. The Morgan fingerprint density at radius 3 is 2.48 bits per heavy atom. The van der Waals surface area contributed by atoms with E-state index in [2.05, 4.69) is 19.2 Å². The van der Waals surface area contributed by atoms with E-state index >= 15 is 0 Å². The number of hydrogen-bond acceptors (Lipinski definition) is 4. The topological polar surface area (TPSA) is 66.5 Å². The van der Waals surface area contributed by atoms with E-state index in [1.54, 1.807) is 11.8 Å². The molecule has 1 spiro atoms. The summed E-state index contributed by atoms with van der Waals surface area (Å²) in [5, 5.41) is 3.53. The Hall–Kier alpha value is -0.620. The summed E-state index contributed by atoms with van der Waals surface area (Å²) in [6.45, 7) is 6.24. The summed E-state index contributed by atoms with van der Waals surface area (Å²) < 4.78 is 23.5. The van der Waals surface area contributed by atoms with Gasteiger partial charge in [-0.3, -0.25) is 10.1 Å². The van der Waals surface area contributed by atoms with Crippen molar-refractivity contribution < 1.29 is 13.2 Å². The molecule has 2 rings (SSSR count). The Morgan fingerprint density at radius 1 is 1.33 bits per heavy atom. The number of sulfone groups is 1. The highest BCUT2D eigenvalue weighted by Crippen LogP contribution is 2.37. The summed E-state index contributed by atoms with van der Waals surface area (Å²) in [7, 11) is -3.04. The van der Waals surface area contributed by atoms with Crippen LogP contribution in [0.4, 0.5) is 0 Å². The fourth-order valence-corrected chi connectivity index (χ4v) is 4.25. The van der Waals surface area contributed by atoms with E-state index < -0.39 is 15.4 Å². The quantitative estimate of drug-likeness (QED) is 0.807. The van der Waals surface area contributed by atoms with E-state index in [1.807, 2.05) is 0 Å². The lowest BCUT2D eigenvalue weighted by atomic mass is 9.98. The molecule has 1 saturated carbocycles. The largest absolute Gasteiger partial charge is 0.325 e. The second-order valence-corrected chi connectivity index (χ2v) is 9.29. The number of rotatable bonds is 6. The van der Waals surface area contributed by atoms with Crippen LogP contribution in [0.5, 0.6) is 0 Å². The Kier molecular flexibility index (Phi) is 4.98. The number of hydrogen-bond donors (Lipinski definition) is 1. The lowest BCUT2D eigenvalue weighted by Gasteiger charge is -2.25. The van der Waals surface area contributed by atoms with Crippen molar-refractivity contribution in [1.29, 1.82) is 0 Å². The molecule has 5 nitrogen and oxygen atoms in total. The van der Waals surface area contributed by atoms with Gasteiger partial charge in [-0.05, 0) is 25.2 Å². The minimum atomic E-state index is -3.04. The molecule has 1 heterocycles. The Morgan fingerprint density at radius 2 is 1.95 bits per heavy atom.